The summed E-state index contributed by atoms with van der Waals surface area (Å²) in [4.78, 5) is 15.5. The number of rotatable bonds is 3. The topological polar surface area (TPSA) is 115 Å². The fourth-order valence-corrected chi connectivity index (χ4v) is 1.14. The molecule has 0 unspecified atom stereocenters. The van der Waals surface area contributed by atoms with Crippen molar-refractivity contribution in [1.82, 2.24) is 9.97 Å². The standard InChI is InChI=1S/C4H5N3O2.C3H8O3S/c1-3-5-2-4(6-3)7(8)9;1-3-6-7(2,4)5/h2H,1H3,(H,5,6);3H2,1-2H3. The summed E-state index contributed by atoms with van der Waals surface area (Å²) in [5, 5.41) is 9.95. The molecule has 0 radical (unpaired) electrons. The first-order chi connectivity index (χ1) is 7.26. The van der Waals surface area contributed by atoms with E-state index in [-0.39, 0.29) is 12.4 Å². The molecule has 0 bridgehead atoms. The molecule has 0 aromatic carbocycles. The van der Waals surface area contributed by atoms with E-state index < -0.39 is 15.0 Å². The second kappa shape index (κ2) is 6.18. The molecule has 0 atom stereocenters. The van der Waals surface area contributed by atoms with Gasteiger partial charge in [-0.05, 0) is 11.8 Å². The molecule has 0 aliphatic heterocycles. The number of nitro groups is 1. The minimum atomic E-state index is -3.17. The van der Waals surface area contributed by atoms with Gasteiger partial charge in [-0.1, -0.05) is 0 Å². The Morgan fingerprint density at radius 1 is 1.62 bits per heavy atom. The van der Waals surface area contributed by atoms with Crippen LogP contribution in [0.25, 0.3) is 0 Å². The molecule has 0 saturated heterocycles. The van der Waals surface area contributed by atoms with Gasteiger partial charge in [0.15, 0.2) is 5.82 Å². The van der Waals surface area contributed by atoms with Crippen LogP contribution in [0, 0.1) is 17.0 Å². The monoisotopic (exact) mass is 251 g/mol. The number of nitrogens with zero attached hydrogens (tertiary/aromatic N) is 2. The van der Waals surface area contributed by atoms with Crippen molar-refractivity contribution in [2.75, 3.05) is 12.9 Å². The highest BCUT2D eigenvalue weighted by Crippen LogP contribution is 2.03. The number of imidazole rings is 1. The highest BCUT2D eigenvalue weighted by atomic mass is 32.2. The maximum absolute atomic E-state index is 10.0. The van der Waals surface area contributed by atoms with Crippen molar-refractivity contribution >= 4 is 15.9 Å². The van der Waals surface area contributed by atoms with Crippen LogP contribution in [-0.2, 0) is 14.3 Å². The SMILES string of the molecule is CCOS(C)(=O)=O.Cc1ncc([N+](=O)[O-])[nH]1. The predicted molar refractivity (Wildman–Crippen MR) is 56.4 cm³/mol. The summed E-state index contributed by atoms with van der Waals surface area (Å²) in [6.45, 7) is 3.51. The molecule has 0 spiro atoms. The lowest BCUT2D eigenvalue weighted by atomic mass is 10.7. The smallest absolute Gasteiger partial charge is 0.340 e. The van der Waals surface area contributed by atoms with Crippen LogP contribution in [0.3, 0.4) is 0 Å². The number of H-pyrrole nitrogens is 1. The fourth-order valence-electron chi connectivity index (χ4n) is 0.715. The zero-order chi connectivity index (χ0) is 12.8. The van der Waals surface area contributed by atoms with Crippen LogP contribution in [0.5, 0.6) is 0 Å². The summed E-state index contributed by atoms with van der Waals surface area (Å²) in [5.74, 6) is 0.495. The fraction of sp³-hybridized carbons (Fsp3) is 0.571. The first-order valence-electron chi connectivity index (χ1n) is 4.26. The van der Waals surface area contributed by atoms with E-state index >= 15 is 0 Å². The third-order valence-electron chi connectivity index (χ3n) is 1.22. The van der Waals surface area contributed by atoms with Crippen LogP contribution in [0.15, 0.2) is 6.20 Å². The molecule has 0 aliphatic carbocycles. The van der Waals surface area contributed by atoms with E-state index in [1.165, 1.54) is 6.20 Å². The Morgan fingerprint density at radius 3 is 2.31 bits per heavy atom. The van der Waals surface area contributed by atoms with E-state index in [4.69, 9.17) is 0 Å². The van der Waals surface area contributed by atoms with E-state index in [2.05, 4.69) is 14.2 Å². The Morgan fingerprint density at radius 2 is 2.19 bits per heavy atom. The van der Waals surface area contributed by atoms with Gasteiger partial charge < -0.3 is 10.1 Å². The second-order valence-corrected chi connectivity index (χ2v) is 4.37. The van der Waals surface area contributed by atoms with Gasteiger partial charge in [0.25, 0.3) is 10.1 Å². The second-order valence-electron chi connectivity index (χ2n) is 2.72. The van der Waals surface area contributed by atoms with Crippen molar-refractivity contribution in [2.24, 2.45) is 0 Å². The molecule has 92 valence electrons. The molecule has 9 heteroatoms. The summed E-state index contributed by atoms with van der Waals surface area (Å²) in [5.41, 5.74) is 0. The molecule has 0 amide bonds. The van der Waals surface area contributed by atoms with E-state index in [0.717, 1.165) is 6.26 Å². The average molecular weight is 251 g/mol. The number of hydrogen-bond acceptors (Lipinski definition) is 6. The van der Waals surface area contributed by atoms with Crippen molar-refractivity contribution in [1.29, 1.82) is 0 Å². The Balaban J connectivity index is 0.000000293. The summed E-state index contributed by atoms with van der Waals surface area (Å²) < 4.78 is 24.2. The minimum absolute atomic E-state index is 0.0625. The van der Waals surface area contributed by atoms with Gasteiger partial charge in [0, 0.05) is 6.92 Å². The van der Waals surface area contributed by atoms with Crippen molar-refractivity contribution in [3.8, 4) is 0 Å². The molecular formula is C7H13N3O5S. The first kappa shape index (κ1) is 14.5. The minimum Gasteiger partial charge on any atom is -0.358 e. The molecule has 0 saturated carbocycles. The maximum atomic E-state index is 10.0. The third kappa shape index (κ3) is 6.90. The molecule has 1 aromatic rings. The van der Waals surface area contributed by atoms with Crippen LogP contribution in [0.1, 0.15) is 12.7 Å². The van der Waals surface area contributed by atoms with Crippen molar-refractivity contribution < 1.29 is 17.5 Å². The summed E-state index contributed by atoms with van der Waals surface area (Å²) >= 11 is 0. The predicted octanol–water partition coefficient (Wildman–Crippen LogP) is 0.609. The lowest BCUT2D eigenvalue weighted by molar-refractivity contribution is -0.389. The quantitative estimate of drug-likeness (QED) is 0.478. The highest BCUT2D eigenvalue weighted by Gasteiger charge is 2.04. The number of hydrogen-bond donors (Lipinski definition) is 1. The van der Waals surface area contributed by atoms with Crippen molar-refractivity contribution in [3.05, 3.63) is 22.1 Å². The van der Waals surface area contributed by atoms with Gasteiger partial charge in [0.1, 0.15) is 6.20 Å². The number of nitrogens with one attached hydrogen (secondary N) is 1. The zero-order valence-corrected chi connectivity index (χ0v) is 9.94. The Bertz CT molecular complexity index is 439. The lowest BCUT2D eigenvalue weighted by Crippen LogP contribution is -2.00. The van der Waals surface area contributed by atoms with Gasteiger partial charge in [-0.25, -0.2) is 9.97 Å². The number of aromatic nitrogens is 2. The van der Waals surface area contributed by atoms with Gasteiger partial charge in [0.2, 0.25) is 0 Å². The van der Waals surface area contributed by atoms with Gasteiger partial charge in [0.05, 0.1) is 12.9 Å². The first-order valence-corrected chi connectivity index (χ1v) is 6.08. The molecule has 16 heavy (non-hydrogen) atoms. The third-order valence-corrected chi connectivity index (χ3v) is 1.88. The normalized spacial score (nSPS) is 10.4. The van der Waals surface area contributed by atoms with E-state index in [9.17, 15) is 18.5 Å². The van der Waals surface area contributed by atoms with Crippen molar-refractivity contribution in [2.45, 2.75) is 13.8 Å². The molecule has 1 heterocycles. The Labute approximate surface area is 92.9 Å². The molecule has 0 fully saturated rings. The largest absolute Gasteiger partial charge is 0.358 e. The molecular weight excluding hydrogens is 238 g/mol. The lowest BCUT2D eigenvalue weighted by Gasteiger charge is -1.90. The summed E-state index contributed by atoms with van der Waals surface area (Å²) in [6.07, 6.45) is 2.21. The van der Waals surface area contributed by atoms with Gasteiger partial charge >= 0.3 is 5.82 Å². The van der Waals surface area contributed by atoms with E-state index in [1.807, 2.05) is 0 Å². The van der Waals surface area contributed by atoms with E-state index in [1.54, 1.807) is 13.8 Å². The van der Waals surface area contributed by atoms with Crippen LogP contribution in [0.2, 0.25) is 0 Å². The van der Waals surface area contributed by atoms with Gasteiger partial charge in [-0.3, -0.25) is 4.18 Å². The number of aromatic amines is 1. The molecule has 1 rings (SSSR count). The Kier molecular flexibility index (Phi) is 5.61. The molecule has 1 aromatic heterocycles. The molecule has 0 aliphatic rings. The van der Waals surface area contributed by atoms with Gasteiger partial charge in [-0.2, -0.15) is 8.42 Å². The van der Waals surface area contributed by atoms with Crippen LogP contribution in [-0.4, -0.2) is 36.2 Å². The molecule has 8 nitrogen and oxygen atoms in total. The van der Waals surface area contributed by atoms with Crippen LogP contribution in [0.4, 0.5) is 5.82 Å². The highest BCUT2D eigenvalue weighted by molar-refractivity contribution is 7.85. The maximum Gasteiger partial charge on any atom is 0.340 e. The molecule has 1 N–H and O–H groups in total. The zero-order valence-electron chi connectivity index (χ0n) is 9.13. The van der Waals surface area contributed by atoms with E-state index in [0.29, 0.717) is 5.82 Å². The number of aryl methyl sites for hydroxylation is 1. The Hall–Kier alpha value is -1.48. The summed E-state index contributed by atoms with van der Waals surface area (Å²) in [7, 11) is -3.17. The van der Waals surface area contributed by atoms with Crippen molar-refractivity contribution in [3.63, 3.8) is 0 Å². The van der Waals surface area contributed by atoms with Crippen LogP contribution < -0.4 is 0 Å². The average Bonchev–Trinajstić information content (AvgIpc) is 2.50. The van der Waals surface area contributed by atoms with Crippen LogP contribution >= 0.6 is 0 Å². The van der Waals surface area contributed by atoms with Gasteiger partial charge in [-0.15, -0.1) is 0 Å². The summed E-state index contributed by atoms with van der Waals surface area (Å²) in [6, 6.07) is 0.